The third-order valence-electron chi connectivity index (χ3n) is 1.66. The zero-order valence-corrected chi connectivity index (χ0v) is 8.24. The molecule has 2 aromatic heterocycles. The molecule has 0 unspecified atom stereocenters. The van der Waals surface area contributed by atoms with Crippen LogP contribution in [0.25, 0.3) is 0 Å². The first-order valence-corrected chi connectivity index (χ1v) is 5.03. The average molecular weight is 203 g/mol. The van der Waals surface area contributed by atoms with E-state index in [0.717, 1.165) is 4.88 Å². The zero-order chi connectivity index (χ0) is 9.80. The van der Waals surface area contributed by atoms with Crippen LogP contribution in [0.5, 0.6) is 0 Å². The van der Waals surface area contributed by atoms with Gasteiger partial charge in [-0.15, -0.1) is 11.3 Å². The first-order chi connectivity index (χ1) is 6.86. The summed E-state index contributed by atoms with van der Waals surface area (Å²) in [4.78, 5) is 9.23. The van der Waals surface area contributed by atoms with Crippen LogP contribution in [-0.2, 0) is 0 Å². The summed E-state index contributed by atoms with van der Waals surface area (Å²) in [7, 11) is 0. The van der Waals surface area contributed by atoms with Gasteiger partial charge in [0.2, 0.25) is 0 Å². The highest BCUT2D eigenvalue weighted by Gasteiger charge is 1.98. The van der Waals surface area contributed by atoms with E-state index in [1.807, 2.05) is 35.7 Å². The van der Waals surface area contributed by atoms with Crippen LogP contribution in [0.2, 0.25) is 0 Å². The molecule has 0 bridgehead atoms. The molecule has 14 heavy (non-hydrogen) atoms. The first kappa shape index (κ1) is 8.90. The second-order valence-corrected chi connectivity index (χ2v) is 3.61. The molecule has 2 N–H and O–H groups in total. The van der Waals surface area contributed by atoms with E-state index in [1.165, 1.54) is 0 Å². The van der Waals surface area contributed by atoms with Crippen molar-refractivity contribution in [1.29, 1.82) is 0 Å². The van der Waals surface area contributed by atoms with Gasteiger partial charge in [0.05, 0.1) is 4.88 Å². The Balaban J connectivity index is 2.28. The minimum absolute atomic E-state index is 0.513. The summed E-state index contributed by atoms with van der Waals surface area (Å²) in [5.41, 5.74) is 5.79. The Labute approximate surface area is 85.9 Å². The number of hydrogen-bond acceptors (Lipinski definition) is 3. The minimum atomic E-state index is 0.513. The lowest BCUT2D eigenvalue weighted by molar-refractivity contribution is 1.27. The molecule has 0 amide bonds. The van der Waals surface area contributed by atoms with E-state index in [1.54, 1.807) is 17.5 Å². The van der Waals surface area contributed by atoms with E-state index in [0.29, 0.717) is 11.7 Å². The molecular formula is C10H9N3S. The SMILES string of the molecule is N/C(=N\c1ccccn1)c1cccs1. The Hall–Kier alpha value is -1.68. The molecule has 2 rings (SSSR count). The van der Waals surface area contributed by atoms with Crippen LogP contribution in [0.3, 0.4) is 0 Å². The lowest BCUT2D eigenvalue weighted by Crippen LogP contribution is -2.10. The van der Waals surface area contributed by atoms with Gasteiger partial charge in [-0.1, -0.05) is 12.1 Å². The predicted molar refractivity (Wildman–Crippen MR) is 58.9 cm³/mol. The highest BCUT2D eigenvalue weighted by atomic mass is 32.1. The minimum Gasteiger partial charge on any atom is -0.382 e. The molecule has 0 aliphatic rings. The van der Waals surface area contributed by atoms with E-state index in [9.17, 15) is 0 Å². The fourth-order valence-electron chi connectivity index (χ4n) is 1.02. The maximum Gasteiger partial charge on any atom is 0.154 e. The molecule has 0 aliphatic heterocycles. The Bertz CT molecular complexity index is 420. The molecule has 0 spiro atoms. The third-order valence-corrected chi connectivity index (χ3v) is 2.55. The van der Waals surface area contributed by atoms with Gasteiger partial charge in [0.15, 0.2) is 5.82 Å². The van der Waals surface area contributed by atoms with Gasteiger partial charge in [-0.25, -0.2) is 9.98 Å². The van der Waals surface area contributed by atoms with E-state index in [4.69, 9.17) is 5.73 Å². The molecule has 0 fully saturated rings. The quantitative estimate of drug-likeness (QED) is 0.600. The van der Waals surface area contributed by atoms with Crippen LogP contribution < -0.4 is 5.73 Å². The standard InChI is InChI=1S/C10H9N3S/c11-10(8-4-3-7-14-8)13-9-5-1-2-6-12-9/h1-7H,(H2,11,12,13). The monoisotopic (exact) mass is 203 g/mol. The molecular weight excluding hydrogens is 194 g/mol. The van der Waals surface area contributed by atoms with Gasteiger partial charge in [-0.3, -0.25) is 0 Å². The number of aromatic nitrogens is 1. The smallest absolute Gasteiger partial charge is 0.154 e. The van der Waals surface area contributed by atoms with Crippen LogP contribution in [0.15, 0.2) is 46.9 Å². The summed E-state index contributed by atoms with van der Waals surface area (Å²) < 4.78 is 0. The number of hydrogen-bond donors (Lipinski definition) is 1. The fraction of sp³-hybridized carbons (Fsp3) is 0. The maximum atomic E-state index is 5.79. The number of thiophene rings is 1. The molecule has 0 aliphatic carbocycles. The normalized spacial score (nSPS) is 11.6. The molecule has 2 heterocycles. The number of nitrogens with two attached hydrogens (primary N) is 1. The van der Waals surface area contributed by atoms with E-state index in [-0.39, 0.29) is 0 Å². The summed E-state index contributed by atoms with van der Waals surface area (Å²) >= 11 is 1.57. The fourth-order valence-corrected chi connectivity index (χ4v) is 1.65. The largest absolute Gasteiger partial charge is 0.382 e. The van der Waals surface area contributed by atoms with Gasteiger partial charge < -0.3 is 5.73 Å². The van der Waals surface area contributed by atoms with Crippen LogP contribution in [0.1, 0.15) is 4.88 Å². The molecule has 2 aromatic rings. The topological polar surface area (TPSA) is 51.3 Å². The maximum absolute atomic E-state index is 5.79. The van der Waals surface area contributed by atoms with Crippen LogP contribution in [0, 0.1) is 0 Å². The van der Waals surface area contributed by atoms with Crippen LogP contribution in [-0.4, -0.2) is 10.8 Å². The number of nitrogens with zero attached hydrogens (tertiary/aromatic N) is 2. The highest BCUT2D eigenvalue weighted by molar-refractivity contribution is 7.12. The number of aliphatic imine (C=N–C) groups is 1. The van der Waals surface area contributed by atoms with E-state index >= 15 is 0 Å². The molecule has 0 saturated carbocycles. The molecule has 0 aromatic carbocycles. The molecule has 0 radical (unpaired) electrons. The van der Waals surface area contributed by atoms with Crippen molar-refractivity contribution in [1.82, 2.24) is 4.98 Å². The third kappa shape index (κ3) is 1.97. The van der Waals surface area contributed by atoms with Gasteiger partial charge in [0.1, 0.15) is 5.84 Å². The average Bonchev–Trinajstić information content (AvgIpc) is 2.72. The highest BCUT2D eigenvalue weighted by Crippen LogP contribution is 2.11. The van der Waals surface area contributed by atoms with Crippen molar-refractivity contribution in [2.24, 2.45) is 10.7 Å². The number of rotatable bonds is 2. The van der Waals surface area contributed by atoms with Crippen molar-refractivity contribution in [2.75, 3.05) is 0 Å². The Morgan fingerprint density at radius 2 is 2.21 bits per heavy atom. The van der Waals surface area contributed by atoms with E-state index in [2.05, 4.69) is 9.98 Å². The zero-order valence-electron chi connectivity index (χ0n) is 7.42. The predicted octanol–water partition coefficient (Wildman–Crippen LogP) is 2.18. The lowest BCUT2D eigenvalue weighted by Gasteiger charge is -1.95. The van der Waals surface area contributed by atoms with Crippen molar-refractivity contribution in [3.8, 4) is 0 Å². The van der Waals surface area contributed by atoms with Gasteiger partial charge >= 0.3 is 0 Å². The second kappa shape index (κ2) is 4.02. The Kier molecular flexibility index (Phi) is 2.55. The first-order valence-electron chi connectivity index (χ1n) is 4.15. The van der Waals surface area contributed by atoms with Gasteiger partial charge in [0, 0.05) is 6.20 Å². The van der Waals surface area contributed by atoms with Crippen LogP contribution in [0.4, 0.5) is 5.82 Å². The van der Waals surface area contributed by atoms with Gasteiger partial charge in [-0.2, -0.15) is 0 Å². The van der Waals surface area contributed by atoms with Crippen LogP contribution >= 0.6 is 11.3 Å². The molecule has 70 valence electrons. The van der Waals surface area contributed by atoms with Crippen molar-refractivity contribution in [2.45, 2.75) is 0 Å². The molecule has 0 atom stereocenters. The summed E-state index contributed by atoms with van der Waals surface area (Å²) in [5.74, 6) is 1.15. The Morgan fingerprint density at radius 1 is 1.29 bits per heavy atom. The van der Waals surface area contributed by atoms with Crippen molar-refractivity contribution < 1.29 is 0 Å². The summed E-state index contributed by atoms with van der Waals surface area (Å²) in [6.07, 6.45) is 1.69. The summed E-state index contributed by atoms with van der Waals surface area (Å²) in [5, 5.41) is 1.97. The van der Waals surface area contributed by atoms with Gasteiger partial charge in [-0.05, 0) is 23.6 Å². The van der Waals surface area contributed by atoms with Crippen molar-refractivity contribution in [3.05, 3.63) is 46.8 Å². The van der Waals surface area contributed by atoms with Crippen molar-refractivity contribution in [3.63, 3.8) is 0 Å². The Morgan fingerprint density at radius 3 is 2.86 bits per heavy atom. The second-order valence-electron chi connectivity index (χ2n) is 2.66. The number of amidine groups is 1. The lowest BCUT2D eigenvalue weighted by atomic mass is 10.4. The summed E-state index contributed by atoms with van der Waals surface area (Å²) in [6, 6.07) is 9.43. The summed E-state index contributed by atoms with van der Waals surface area (Å²) in [6.45, 7) is 0. The van der Waals surface area contributed by atoms with E-state index < -0.39 is 0 Å². The van der Waals surface area contributed by atoms with Crippen molar-refractivity contribution >= 4 is 23.0 Å². The molecule has 4 heteroatoms. The van der Waals surface area contributed by atoms with Gasteiger partial charge in [0.25, 0.3) is 0 Å². The molecule has 3 nitrogen and oxygen atoms in total. The molecule has 0 saturated heterocycles. The number of pyridine rings is 1.